The van der Waals surface area contributed by atoms with Crippen LogP contribution in [0.4, 0.5) is 0 Å². The lowest BCUT2D eigenvalue weighted by Crippen LogP contribution is -2.50. The summed E-state index contributed by atoms with van der Waals surface area (Å²) in [6.07, 6.45) is 4.46. The molecule has 0 amide bonds. The molecule has 4 heteroatoms. The van der Waals surface area contributed by atoms with Crippen molar-refractivity contribution >= 4 is 11.6 Å². The van der Waals surface area contributed by atoms with Gasteiger partial charge in [-0.25, -0.2) is 0 Å². The van der Waals surface area contributed by atoms with Crippen LogP contribution in [0.2, 0.25) is 5.02 Å². The first-order valence-corrected chi connectivity index (χ1v) is 6.75. The number of hydrogen-bond acceptors (Lipinski definition) is 3. The number of methoxy groups -OCH3 is 1. The molecule has 2 bridgehead atoms. The van der Waals surface area contributed by atoms with E-state index in [1.165, 1.54) is 0 Å². The molecular weight excluding hydrogens is 250 g/mol. The summed E-state index contributed by atoms with van der Waals surface area (Å²) in [5.41, 5.74) is 7.34. The van der Waals surface area contributed by atoms with Crippen molar-refractivity contribution in [2.24, 2.45) is 5.73 Å². The normalized spacial score (nSPS) is 33.9. The summed E-state index contributed by atoms with van der Waals surface area (Å²) in [7, 11) is 1.67. The number of hydrogen-bond donors (Lipinski definition) is 1. The van der Waals surface area contributed by atoms with Crippen molar-refractivity contribution < 1.29 is 9.47 Å². The van der Waals surface area contributed by atoms with E-state index in [1.807, 2.05) is 18.2 Å². The number of benzene rings is 1. The molecule has 2 aliphatic heterocycles. The van der Waals surface area contributed by atoms with Gasteiger partial charge in [0.2, 0.25) is 0 Å². The van der Waals surface area contributed by atoms with Gasteiger partial charge in [-0.2, -0.15) is 0 Å². The molecule has 98 valence electrons. The van der Waals surface area contributed by atoms with Crippen LogP contribution in [0.5, 0.6) is 5.75 Å². The van der Waals surface area contributed by atoms with E-state index in [4.69, 9.17) is 26.8 Å². The van der Waals surface area contributed by atoms with Crippen LogP contribution in [0, 0.1) is 0 Å². The van der Waals surface area contributed by atoms with Crippen molar-refractivity contribution in [2.45, 2.75) is 43.4 Å². The maximum absolute atomic E-state index is 6.53. The molecule has 2 saturated heterocycles. The summed E-state index contributed by atoms with van der Waals surface area (Å²) in [6.45, 7) is 0. The Morgan fingerprint density at radius 2 is 2.33 bits per heavy atom. The Morgan fingerprint density at radius 3 is 2.94 bits per heavy atom. The van der Waals surface area contributed by atoms with Crippen molar-refractivity contribution in [1.82, 2.24) is 0 Å². The summed E-state index contributed by atoms with van der Waals surface area (Å²) < 4.78 is 11.2. The third-order valence-electron chi connectivity index (χ3n) is 4.12. The van der Waals surface area contributed by atoms with Crippen LogP contribution in [0.3, 0.4) is 0 Å². The van der Waals surface area contributed by atoms with Gasteiger partial charge in [-0.05, 0) is 49.4 Å². The second kappa shape index (κ2) is 4.41. The summed E-state index contributed by atoms with van der Waals surface area (Å²) in [5.74, 6) is 0.854. The molecule has 0 spiro atoms. The van der Waals surface area contributed by atoms with Crippen molar-refractivity contribution in [3.63, 3.8) is 0 Å². The molecule has 18 heavy (non-hydrogen) atoms. The standard InChI is InChI=1S/C14H18ClNO2/c1-17-12-4-2-10(15)6-9(12)7-14(16)8-11-3-5-13(14)18-11/h2,4,6,11,13H,3,5,7-8,16H2,1H3. The van der Waals surface area contributed by atoms with Crippen LogP contribution in [-0.4, -0.2) is 24.9 Å². The molecule has 2 N–H and O–H groups in total. The molecule has 0 aromatic heterocycles. The third-order valence-corrected chi connectivity index (χ3v) is 4.35. The van der Waals surface area contributed by atoms with Crippen LogP contribution in [0.25, 0.3) is 0 Å². The van der Waals surface area contributed by atoms with E-state index in [0.29, 0.717) is 6.10 Å². The zero-order valence-electron chi connectivity index (χ0n) is 10.5. The van der Waals surface area contributed by atoms with Gasteiger partial charge in [-0.15, -0.1) is 0 Å². The fraction of sp³-hybridized carbons (Fsp3) is 0.571. The Morgan fingerprint density at radius 1 is 1.50 bits per heavy atom. The zero-order valence-corrected chi connectivity index (χ0v) is 11.2. The number of nitrogens with two attached hydrogens (primary N) is 1. The molecule has 2 aliphatic rings. The number of rotatable bonds is 3. The van der Waals surface area contributed by atoms with Gasteiger partial charge in [-0.1, -0.05) is 11.6 Å². The highest BCUT2D eigenvalue weighted by molar-refractivity contribution is 6.30. The van der Waals surface area contributed by atoms with E-state index < -0.39 is 0 Å². The van der Waals surface area contributed by atoms with Crippen LogP contribution in [-0.2, 0) is 11.2 Å². The highest BCUT2D eigenvalue weighted by atomic mass is 35.5. The fourth-order valence-corrected chi connectivity index (χ4v) is 3.45. The van der Waals surface area contributed by atoms with Gasteiger partial charge in [0.15, 0.2) is 0 Å². The third kappa shape index (κ3) is 2.00. The average Bonchev–Trinajstić information content (AvgIpc) is 2.89. The highest BCUT2D eigenvalue weighted by Crippen LogP contribution is 2.43. The van der Waals surface area contributed by atoms with E-state index in [2.05, 4.69) is 0 Å². The van der Waals surface area contributed by atoms with Gasteiger partial charge in [0.05, 0.1) is 19.3 Å². The molecule has 0 radical (unpaired) electrons. The molecule has 2 heterocycles. The minimum atomic E-state index is -0.263. The predicted molar refractivity (Wildman–Crippen MR) is 71.1 cm³/mol. The van der Waals surface area contributed by atoms with E-state index in [0.717, 1.165) is 42.0 Å². The molecule has 1 aromatic carbocycles. The first-order valence-electron chi connectivity index (χ1n) is 6.37. The van der Waals surface area contributed by atoms with Crippen molar-refractivity contribution in [1.29, 1.82) is 0 Å². The Bertz CT molecular complexity index is 465. The fourth-order valence-electron chi connectivity index (χ4n) is 3.26. The first-order chi connectivity index (χ1) is 8.60. The molecule has 0 saturated carbocycles. The van der Waals surface area contributed by atoms with Gasteiger partial charge in [-0.3, -0.25) is 0 Å². The van der Waals surface area contributed by atoms with Crippen molar-refractivity contribution in [3.8, 4) is 5.75 Å². The minimum absolute atomic E-state index is 0.186. The van der Waals surface area contributed by atoms with Gasteiger partial charge >= 0.3 is 0 Å². The topological polar surface area (TPSA) is 44.5 Å². The Kier molecular flexibility index (Phi) is 3.00. The molecule has 0 aliphatic carbocycles. The molecule has 1 aromatic rings. The maximum Gasteiger partial charge on any atom is 0.122 e. The van der Waals surface area contributed by atoms with Crippen molar-refractivity contribution in [3.05, 3.63) is 28.8 Å². The molecular formula is C14H18ClNO2. The average molecular weight is 268 g/mol. The van der Waals surface area contributed by atoms with Gasteiger partial charge in [0.1, 0.15) is 5.75 Å². The van der Waals surface area contributed by atoms with Crippen molar-refractivity contribution in [2.75, 3.05) is 7.11 Å². The Labute approximate surface area is 112 Å². The highest BCUT2D eigenvalue weighted by Gasteiger charge is 2.50. The number of fused-ring (bicyclic) bond motifs is 2. The van der Waals surface area contributed by atoms with E-state index >= 15 is 0 Å². The summed E-state index contributed by atoms with van der Waals surface area (Å²) in [6, 6.07) is 5.68. The molecule has 3 unspecified atom stereocenters. The second-order valence-electron chi connectivity index (χ2n) is 5.39. The van der Waals surface area contributed by atoms with E-state index in [1.54, 1.807) is 7.11 Å². The summed E-state index contributed by atoms with van der Waals surface area (Å²) in [5, 5.41) is 0.721. The monoisotopic (exact) mass is 267 g/mol. The molecule has 2 fully saturated rings. The number of halogens is 1. The molecule has 3 rings (SSSR count). The van der Waals surface area contributed by atoms with Crippen LogP contribution in [0.15, 0.2) is 18.2 Å². The maximum atomic E-state index is 6.53. The Hall–Kier alpha value is -0.770. The largest absolute Gasteiger partial charge is 0.496 e. The SMILES string of the molecule is COc1ccc(Cl)cc1CC1(N)CC2CCC1O2. The van der Waals surface area contributed by atoms with E-state index in [9.17, 15) is 0 Å². The smallest absolute Gasteiger partial charge is 0.122 e. The lowest BCUT2D eigenvalue weighted by Gasteiger charge is -2.31. The number of ether oxygens (including phenoxy) is 2. The van der Waals surface area contributed by atoms with Crippen LogP contribution < -0.4 is 10.5 Å². The first kappa shape index (κ1) is 12.3. The van der Waals surface area contributed by atoms with Gasteiger partial charge in [0, 0.05) is 10.6 Å². The van der Waals surface area contributed by atoms with Gasteiger partial charge < -0.3 is 15.2 Å². The van der Waals surface area contributed by atoms with Crippen LogP contribution in [0.1, 0.15) is 24.8 Å². The molecule has 3 nitrogen and oxygen atoms in total. The second-order valence-corrected chi connectivity index (χ2v) is 5.83. The summed E-state index contributed by atoms with van der Waals surface area (Å²) >= 11 is 6.06. The lowest BCUT2D eigenvalue weighted by molar-refractivity contribution is 0.0855. The molecule has 3 atom stereocenters. The quantitative estimate of drug-likeness (QED) is 0.915. The summed E-state index contributed by atoms with van der Waals surface area (Å²) in [4.78, 5) is 0. The van der Waals surface area contributed by atoms with E-state index in [-0.39, 0.29) is 11.6 Å². The van der Waals surface area contributed by atoms with Gasteiger partial charge in [0.25, 0.3) is 0 Å². The lowest BCUT2D eigenvalue weighted by atomic mass is 9.78. The zero-order chi connectivity index (χ0) is 12.8. The predicted octanol–water partition coefficient (Wildman–Crippen LogP) is 2.54. The Balaban J connectivity index is 1.86. The minimum Gasteiger partial charge on any atom is -0.496 e. The van der Waals surface area contributed by atoms with Crippen LogP contribution >= 0.6 is 11.6 Å².